The zero-order valence-corrected chi connectivity index (χ0v) is 16.5. The second-order valence-electron chi connectivity index (χ2n) is 7.62. The van der Waals surface area contributed by atoms with Gasteiger partial charge in [0.2, 0.25) is 0 Å². The van der Waals surface area contributed by atoms with Gasteiger partial charge in [-0.1, -0.05) is 32.6 Å². The van der Waals surface area contributed by atoms with Gasteiger partial charge in [0.1, 0.15) is 0 Å². The number of nitrogens with zero attached hydrogens (tertiary/aromatic N) is 1. The summed E-state index contributed by atoms with van der Waals surface area (Å²) in [5.74, 6) is 0.487. The number of carbonyl (C=O) groups excluding carboxylic acids is 1. The molecule has 0 radical (unpaired) electrons. The second kappa shape index (κ2) is 9.21. The van der Waals surface area contributed by atoms with Gasteiger partial charge >= 0.3 is 6.09 Å². The summed E-state index contributed by atoms with van der Waals surface area (Å²) >= 11 is 0. The normalized spacial score (nSPS) is 21.9. The zero-order chi connectivity index (χ0) is 18.3. The molecule has 146 valence electrons. The van der Waals surface area contributed by atoms with E-state index in [2.05, 4.69) is 6.92 Å². The number of amides is 1. The highest BCUT2D eigenvalue weighted by Gasteiger charge is 2.43. The van der Waals surface area contributed by atoms with Crippen LogP contribution in [0.5, 0.6) is 0 Å². The van der Waals surface area contributed by atoms with Crippen LogP contribution in [0.4, 0.5) is 4.79 Å². The first-order valence-corrected chi connectivity index (χ1v) is 11.4. The molecule has 1 amide bonds. The predicted octanol–water partition coefficient (Wildman–Crippen LogP) is 3.56. The van der Waals surface area contributed by atoms with E-state index in [9.17, 15) is 13.2 Å². The van der Waals surface area contributed by atoms with Gasteiger partial charge in [0.05, 0.1) is 19.5 Å². The van der Waals surface area contributed by atoms with Crippen molar-refractivity contribution < 1.29 is 22.1 Å². The third-order valence-corrected chi connectivity index (χ3v) is 6.32. The molecular weight excluding hydrogens is 342 g/mol. The first-order valence-electron chi connectivity index (χ1n) is 9.62. The number of ether oxygens (including phenoxy) is 1. The Balaban J connectivity index is 1.97. The minimum Gasteiger partial charge on any atom is -0.449 e. The molecule has 1 heterocycles. The Bertz CT molecular complexity index is 520. The Kier molecular flexibility index (Phi) is 7.55. The minimum absolute atomic E-state index is 0.135. The van der Waals surface area contributed by atoms with Gasteiger partial charge in [0.25, 0.3) is 10.1 Å². The van der Waals surface area contributed by atoms with Crippen LogP contribution in [0.25, 0.3) is 0 Å². The number of unbranched alkanes of at least 4 members (excludes halogenated alkanes) is 1. The maximum atomic E-state index is 12.2. The summed E-state index contributed by atoms with van der Waals surface area (Å²) in [6.07, 6.45) is 10.3. The van der Waals surface area contributed by atoms with Crippen molar-refractivity contribution in [2.24, 2.45) is 11.3 Å². The molecule has 0 unspecified atom stereocenters. The average molecular weight is 376 g/mol. The Morgan fingerprint density at radius 1 is 1.16 bits per heavy atom. The summed E-state index contributed by atoms with van der Waals surface area (Å²) in [6, 6.07) is 0. The van der Waals surface area contributed by atoms with Crippen molar-refractivity contribution >= 4 is 16.2 Å². The Hall–Kier alpha value is -0.820. The van der Waals surface area contributed by atoms with E-state index in [1.807, 2.05) is 0 Å². The fraction of sp³-hybridized carbons (Fsp3) is 0.944. The van der Waals surface area contributed by atoms with Crippen molar-refractivity contribution in [3.8, 4) is 0 Å². The Labute approximate surface area is 152 Å². The molecule has 6 nitrogen and oxygen atoms in total. The molecule has 0 aromatic rings. The third kappa shape index (κ3) is 6.13. The van der Waals surface area contributed by atoms with Crippen LogP contribution in [0, 0.1) is 11.3 Å². The molecule has 0 aromatic carbocycles. The molecule has 25 heavy (non-hydrogen) atoms. The van der Waals surface area contributed by atoms with Crippen molar-refractivity contribution in [2.45, 2.75) is 64.7 Å². The number of piperidine rings is 1. The van der Waals surface area contributed by atoms with Gasteiger partial charge in [-0.25, -0.2) is 4.79 Å². The first-order chi connectivity index (χ1) is 11.9. The monoisotopic (exact) mass is 375 g/mol. The third-order valence-electron chi connectivity index (χ3n) is 5.77. The topological polar surface area (TPSA) is 72.9 Å². The summed E-state index contributed by atoms with van der Waals surface area (Å²) in [5, 5.41) is 0. The molecule has 1 aliphatic heterocycles. The van der Waals surface area contributed by atoms with E-state index in [1.54, 1.807) is 4.90 Å². The van der Waals surface area contributed by atoms with Gasteiger partial charge in [0.15, 0.2) is 0 Å². The second-order valence-corrected chi connectivity index (χ2v) is 9.26. The van der Waals surface area contributed by atoms with Gasteiger partial charge in [-0.15, -0.1) is 0 Å². The maximum absolute atomic E-state index is 12.2. The highest BCUT2D eigenvalue weighted by Crippen LogP contribution is 2.46. The van der Waals surface area contributed by atoms with Crippen molar-refractivity contribution in [2.75, 3.05) is 32.6 Å². The van der Waals surface area contributed by atoms with Crippen LogP contribution in [0.3, 0.4) is 0 Å². The van der Waals surface area contributed by atoms with Gasteiger partial charge in [-0.3, -0.25) is 4.18 Å². The highest BCUT2D eigenvalue weighted by atomic mass is 32.2. The van der Waals surface area contributed by atoms with E-state index < -0.39 is 10.1 Å². The van der Waals surface area contributed by atoms with E-state index in [1.165, 1.54) is 19.3 Å². The molecule has 0 atom stereocenters. The summed E-state index contributed by atoms with van der Waals surface area (Å²) in [7, 11) is -3.45. The van der Waals surface area contributed by atoms with Gasteiger partial charge < -0.3 is 9.64 Å². The molecule has 2 aliphatic rings. The fourth-order valence-corrected chi connectivity index (χ4v) is 4.59. The van der Waals surface area contributed by atoms with Crippen LogP contribution in [-0.2, 0) is 19.0 Å². The Morgan fingerprint density at radius 3 is 2.36 bits per heavy atom. The summed E-state index contributed by atoms with van der Waals surface area (Å²) in [6.45, 7) is 4.02. The molecule has 0 spiro atoms. The molecule has 2 fully saturated rings. The molecule has 1 saturated heterocycles. The highest BCUT2D eigenvalue weighted by molar-refractivity contribution is 7.85. The zero-order valence-electron chi connectivity index (χ0n) is 15.7. The fourth-order valence-electron chi connectivity index (χ4n) is 4.14. The lowest BCUT2D eigenvalue weighted by molar-refractivity contribution is -0.00811. The molecule has 1 aliphatic carbocycles. The molecule has 2 rings (SSSR count). The molecule has 1 saturated carbocycles. The van der Waals surface area contributed by atoms with Gasteiger partial charge in [0, 0.05) is 18.5 Å². The molecular formula is C18H33NO5S. The van der Waals surface area contributed by atoms with Crippen LogP contribution >= 0.6 is 0 Å². The quantitative estimate of drug-likeness (QED) is 0.502. The van der Waals surface area contributed by atoms with E-state index in [-0.39, 0.29) is 18.1 Å². The molecule has 7 heteroatoms. The van der Waals surface area contributed by atoms with E-state index in [0.29, 0.717) is 25.6 Å². The van der Waals surface area contributed by atoms with Crippen molar-refractivity contribution in [3.63, 3.8) is 0 Å². The lowest BCUT2D eigenvalue weighted by Gasteiger charge is -2.47. The number of likely N-dealkylation sites (tertiary alicyclic amines) is 1. The molecule has 0 N–H and O–H groups in total. The van der Waals surface area contributed by atoms with Crippen LogP contribution in [0.2, 0.25) is 0 Å². The molecule has 0 bridgehead atoms. The summed E-state index contributed by atoms with van der Waals surface area (Å²) < 4.78 is 33.6. The lowest BCUT2D eigenvalue weighted by atomic mass is 9.64. The van der Waals surface area contributed by atoms with Crippen molar-refractivity contribution in [3.05, 3.63) is 0 Å². The smallest absolute Gasteiger partial charge is 0.409 e. The predicted molar refractivity (Wildman–Crippen MR) is 96.9 cm³/mol. The van der Waals surface area contributed by atoms with Crippen LogP contribution in [0.15, 0.2) is 0 Å². The van der Waals surface area contributed by atoms with E-state index in [0.717, 1.165) is 44.8 Å². The SMILES string of the molecule is CCCCOC(=O)N1CCC(COS(C)(=O)=O)(C2CCCCC2)CC1. The van der Waals surface area contributed by atoms with E-state index in [4.69, 9.17) is 8.92 Å². The van der Waals surface area contributed by atoms with E-state index >= 15 is 0 Å². The number of hydrogen-bond donors (Lipinski definition) is 0. The van der Waals surface area contributed by atoms with Gasteiger partial charge in [-0.05, 0) is 38.0 Å². The largest absolute Gasteiger partial charge is 0.449 e. The maximum Gasteiger partial charge on any atom is 0.409 e. The summed E-state index contributed by atoms with van der Waals surface area (Å²) in [5.41, 5.74) is -0.135. The number of hydrogen-bond acceptors (Lipinski definition) is 5. The molecule has 0 aromatic heterocycles. The Morgan fingerprint density at radius 2 is 1.80 bits per heavy atom. The van der Waals surface area contributed by atoms with Crippen LogP contribution < -0.4 is 0 Å². The summed E-state index contributed by atoms with van der Waals surface area (Å²) in [4.78, 5) is 13.9. The number of rotatable bonds is 7. The van der Waals surface area contributed by atoms with Crippen LogP contribution in [0.1, 0.15) is 64.7 Å². The van der Waals surface area contributed by atoms with Gasteiger partial charge in [-0.2, -0.15) is 8.42 Å². The average Bonchev–Trinajstić information content (AvgIpc) is 2.61. The minimum atomic E-state index is -3.45. The first kappa shape index (κ1) is 20.5. The lowest BCUT2D eigenvalue weighted by Crippen LogP contribution is -2.49. The van der Waals surface area contributed by atoms with Crippen molar-refractivity contribution in [1.82, 2.24) is 4.90 Å². The number of carbonyl (C=O) groups is 1. The standard InChI is InChI=1S/C18H33NO5S/c1-3-4-14-23-17(20)19-12-10-18(11-13-19,15-24-25(2,21)22)16-8-6-5-7-9-16/h16H,3-15H2,1-2H3. The van der Waals surface area contributed by atoms with Crippen LogP contribution in [-0.4, -0.2) is 52.0 Å². The van der Waals surface area contributed by atoms with Crippen molar-refractivity contribution in [1.29, 1.82) is 0 Å².